The number of carboxylic acids is 1. The predicted octanol–water partition coefficient (Wildman–Crippen LogP) is 7.76. The smallest absolute Gasteiger partial charge is 0.307 e. The Morgan fingerprint density at radius 3 is 2.59 bits per heavy atom. The number of rotatable bonds is 3. The van der Waals surface area contributed by atoms with Crippen LogP contribution in [0.3, 0.4) is 0 Å². The lowest BCUT2D eigenvalue weighted by molar-refractivity contribution is -0.248. The summed E-state index contributed by atoms with van der Waals surface area (Å²) in [6, 6.07) is 12.7. The van der Waals surface area contributed by atoms with Crippen LogP contribution in [-0.4, -0.2) is 27.5 Å². The lowest BCUT2D eigenvalue weighted by Gasteiger charge is -2.69. The molecule has 5 heteroatoms. The lowest BCUT2D eigenvalue weighted by Crippen LogP contribution is -2.64. The van der Waals surface area contributed by atoms with Crippen molar-refractivity contribution in [2.75, 3.05) is 6.61 Å². The quantitative estimate of drug-likeness (QED) is 0.414. The molecule has 2 bridgehead atoms. The third kappa shape index (κ3) is 3.23. The minimum Gasteiger partial charge on any atom is -0.481 e. The molecule has 0 amide bonds. The molecule has 0 spiro atoms. The number of benzene rings is 1. The van der Waals surface area contributed by atoms with Crippen LogP contribution in [-0.2, 0) is 9.53 Å². The van der Waals surface area contributed by atoms with E-state index < -0.39 is 5.97 Å². The first-order chi connectivity index (χ1) is 18.7. The Bertz CT molecular complexity index is 1320. The van der Waals surface area contributed by atoms with Crippen LogP contribution in [0.2, 0.25) is 0 Å². The molecular formula is C34H44N2O3. The summed E-state index contributed by atoms with van der Waals surface area (Å²) in [5.74, 6) is 0.369. The number of ether oxygens (including phenoxy) is 1. The normalized spacial score (nSPS) is 44.9. The molecule has 4 fully saturated rings. The van der Waals surface area contributed by atoms with Crippen molar-refractivity contribution in [1.82, 2.24) is 9.78 Å². The van der Waals surface area contributed by atoms with E-state index in [1.807, 2.05) is 6.20 Å². The van der Waals surface area contributed by atoms with E-state index in [9.17, 15) is 9.90 Å². The summed E-state index contributed by atoms with van der Waals surface area (Å²) in [4.78, 5) is 12.6. The van der Waals surface area contributed by atoms with E-state index in [0.29, 0.717) is 11.8 Å². The predicted molar refractivity (Wildman–Crippen MR) is 152 cm³/mol. The summed E-state index contributed by atoms with van der Waals surface area (Å²) in [7, 11) is 0. The topological polar surface area (TPSA) is 64.4 Å². The molecule has 9 unspecified atom stereocenters. The minimum atomic E-state index is -0.595. The zero-order valence-electron chi connectivity index (χ0n) is 24.0. The molecule has 5 aliphatic rings. The number of hydrogen-bond donors (Lipinski definition) is 1. The molecule has 208 valence electrons. The molecule has 9 atom stereocenters. The lowest BCUT2D eigenvalue weighted by atomic mass is 9.37. The van der Waals surface area contributed by atoms with Crippen molar-refractivity contribution in [1.29, 1.82) is 0 Å². The van der Waals surface area contributed by atoms with Crippen molar-refractivity contribution >= 4 is 5.97 Å². The third-order valence-corrected chi connectivity index (χ3v) is 13.0. The second-order valence-electron chi connectivity index (χ2n) is 14.4. The highest BCUT2D eigenvalue weighted by Crippen LogP contribution is 2.74. The highest BCUT2D eigenvalue weighted by molar-refractivity contribution is 5.72. The fourth-order valence-corrected chi connectivity index (χ4v) is 11.0. The van der Waals surface area contributed by atoms with Gasteiger partial charge in [-0.05, 0) is 85.2 Å². The molecule has 1 N–H and O–H groups in total. The molecule has 1 aromatic carbocycles. The Morgan fingerprint density at radius 1 is 1.03 bits per heavy atom. The van der Waals surface area contributed by atoms with Gasteiger partial charge in [0, 0.05) is 17.0 Å². The van der Waals surface area contributed by atoms with Crippen LogP contribution in [0, 0.1) is 45.3 Å². The zero-order valence-corrected chi connectivity index (χ0v) is 24.0. The van der Waals surface area contributed by atoms with Gasteiger partial charge in [-0.1, -0.05) is 76.1 Å². The van der Waals surface area contributed by atoms with Crippen LogP contribution >= 0.6 is 0 Å². The largest absolute Gasteiger partial charge is 0.481 e. The molecule has 1 aromatic heterocycles. The standard InChI is InChI=1S/C34H44N2O3/c1-22-13-18-32(3)24-11-12-27-31(2)16-8-17-34(27,25(24)14-19-33(32,4)28(22)29(37)38)21-39-30(31)36-26(15-20-35-36)23-9-6-5-7-10-23/h5-7,9-10,14-15,20,22,24,27-28,30H,8,11-13,16-19,21H2,1-4H3,(H,37,38). The van der Waals surface area contributed by atoms with E-state index in [0.717, 1.165) is 44.4 Å². The van der Waals surface area contributed by atoms with E-state index in [1.54, 1.807) is 5.57 Å². The van der Waals surface area contributed by atoms with E-state index in [2.05, 4.69) is 74.9 Å². The monoisotopic (exact) mass is 528 g/mol. The molecule has 1 saturated heterocycles. The maximum atomic E-state index is 12.6. The van der Waals surface area contributed by atoms with Gasteiger partial charge >= 0.3 is 5.97 Å². The van der Waals surface area contributed by atoms with Crippen molar-refractivity contribution in [3.05, 3.63) is 54.2 Å². The van der Waals surface area contributed by atoms with Gasteiger partial charge in [-0.2, -0.15) is 5.10 Å². The molecule has 3 saturated carbocycles. The SMILES string of the molecule is CC1CCC2(C)C3CCC4C5(CCCC4(C)C(n4nccc4-c4ccccc4)OC5)C3=CCC2(C)C1C(=O)O. The van der Waals surface area contributed by atoms with Crippen LogP contribution in [0.1, 0.15) is 85.3 Å². The number of hydrogen-bond acceptors (Lipinski definition) is 3. The van der Waals surface area contributed by atoms with Crippen molar-refractivity contribution in [3.8, 4) is 11.3 Å². The van der Waals surface area contributed by atoms with Gasteiger partial charge in [0.25, 0.3) is 0 Å². The van der Waals surface area contributed by atoms with Gasteiger partial charge in [0.2, 0.25) is 0 Å². The first kappa shape index (κ1) is 25.6. The molecule has 5 nitrogen and oxygen atoms in total. The Labute approximate surface area is 233 Å². The molecule has 2 heterocycles. The first-order valence-corrected chi connectivity index (χ1v) is 15.3. The molecule has 4 aliphatic carbocycles. The Kier molecular flexibility index (Phi) is 5.60. The van der Waals surface area contributed by atoms with Crippen molar-refractivity contribution < 1.29 is 14.6 Å². The van der Waals surface area contributed by atoms with Gasteiger partial charge in [-0.15, -0.1) is 0 Å². The maximum Gasteiger partial charge on any atom is 0.307 e. The van der Waals surface area contributed by atoms with Gasteiger partial charge in [0.1, 0.15) is 0 Å². The minimum absolute atomic E-state index is 0.00416. The van der Waals surface area contributed by atoms with Crippen LogP contribution in [0.15, 0.2) is 54.2 Å². The van der Waals surface area contributed by atoms with Crippen LogP contribution in [0.5, 0.6) is 0 Å². The van der Waals surface area contributed by atoms with Crippen LogP contribution in [0.25, 0.3) is 11.3 Å². The highest BCUT2D eigenvalue weighted by atomic mass is 16.5. The second kappa shape index (κ2) is 8.55. The Hall–Kier alpha value is -2.40. The summed E-state index contributed by atoms with van der Waals surface area (Å²) in [6.45, 7) is 10.1. The summed E-state index contributed by atoms with van der Waals surface area (Å²) in [5.41, 5.74) is 3.82. The van der Waals surface area contributed by atoms with Crippen molar-refractivity contribution in [2.24, 2.45) is 45.3 Å². The van der Waals surface area contributed by atoms with E-state index in [4.69, 9.17) is 9.84 Å². The Morgan fingerprint density at radius 2 is 1.82 bits per heavy atom. The van der Waals surface area contributed by atoms with Gasteiger partial charge in [0.15, 0.2) is 6.23 Å². The molecule has 1 aliphatic heterocycles. The summed E-state index contributed by atoms with van der Waals surface area (Å²) in [6.07, 6.45) is 13.3. The van der Waals surface area contributed by atoms with Gasteiger partial charge in [0.05, 0.1) is 18.2 Å². The second-order valence-corrected chi connectivity index (χ2v) is 14.4. The number of carbonyl (C=O) groups is 1. The number of carboxylic acid groups (broad SMARTS) is 1. The maximum absolute atomic E-state index is 12.6. The molecule has 39 heavy (non-hydrogen) atoms. The van der Waals surface area contributed by atoms with Gasteiger partial charge in [-0.25, -0.2) is 4.68 Å². The average Bonchev–Trinajstić information content (AvgIpc) is 3.39. The number of aliphatic carboxylic acids is 1. The van der Waals surface area contributed by atoms with Gasteiger partial charge in [-0.3, -0.25) is 4.79 Å². The number of allylic oxidation sites excluding steroid dienone is 1. The number of fused-ring (bicyclic) bond motifs is 3. The van der Waals surface area contributed by atoms with Crippen LogP contribution < -0.4 is 0 Å². The summed E-state index contributed by atoms with van der Waals surface area (Å²) < 4.78 is 9.17. The Balaban J connectivity index is 1.28. The van der Waals surface area contributed by atoms with Crippen LogP contribution in [0.4, 0.5) is 0 Å². The number of aromatic nitrogens is 2. The fourth-order valence-electron chi connectivity index (χ4n) is 11.0. The third-order valence-electron chi connectivity index (χ3n) is 13.0. The summed E-state index contributed by atoms with van der Waals surface area (Å²) >= 11 is 0. The zero-order chi connectivity index (χ0) is 27.2. The van der Waals surface area contributed by atoms with Crippen molar-refractivity contribution in [2.45, 2.75) is 85.3 Å². The summed E-state index contributed by atoms with van der Waals surface area (Å²) in [5, 5.41) is 15.2. The van der Waals surface area contributed by atoms with Crippen molar-refractivity contribution in [3.63, 3.8) is 0 Å². The van der Waals surface area contributed by atoms with Gasteiger partial charge < -0.3 is 9.84 Å². The fraction of sp³-hybridized carbons (Fsp3) is 0.647. The molecule has 0 radical (unpaired) electrons. The first-order valence-electron chi connectivity index (χ1n) is 15.3. The van der Waals surface area contributed by atoms with E-state index in [-0.39, 0.29) is 39.7 Å². The molecule has 7 rings (SSSR count). The molecule has 2 aromatic rings. The molecular weight excluding hydrogens is 484 g/mol. The number of nitrogens with zero attached hydrogens (tertiary/aromatic N) is 2. The van der Waals surface area contributed by atoms with E-state index >= 15 is 0 Å². The average molecular weight is 529 g/mol. The highest BCUT2D eigenvalue weighted by Gasteiger charge is 2.68. The van der Waals surface area contributed by atoms with E-state index in [1.165, 1.54) is 24.8 Å².